The van der Waals surface area contributed by atoms with Gasteiger partial charge in [0.05, 0.1) is 12.0 Å². The minimum Gasteiger partial charge on any atom is -0.341 e. The van der Waals surface area contributed by atoms with Crippen LogP contribution in [0.15, 0.2) is 34.3 Å². The second kappa shape index (κ2) is 5.10. The van der Waals surface area contributed by atoms with Gasteiger partial charge in [0.1, 0.15) is 21.9 Å². The third kappa shape index (κ3) is 2.09. The smallest absolute Gasteiger partial charge is 0.194 e. The normalized spacial score (nSPS) is 11.7. The molecule has 7 nitrogen and oxygen atoms in total. The first kappa shape index (κ1) is 12.7. The SMILES string of the molecule is CNCc1c(Sc2ncnc3nc[nH]c23)nc2sccn12. The zero-order chi connectivity index (χ0) is 14.2. The van der Waals surface area contributed by atoms with Crippen LogP contribution in [0.1, 0.15) is 5.69 Å². The summed E-state index contributed by atoms with van der Waals surface area (Å²) in [6.45, 7) is 0.747. The van der Waals surface area contributed by atoms with Crippen LogP contribution in [-0.2, 0) is 6.54 Å². The molecule has 0 aliphatic carbocycles. The van der Waals surface area contributed by atoms with Crippen LogP contribution in [0.5, 0.6) is 0 Å². The minimum atomic E-state index is 0.670. The predicted octanol–water partition coefficient (Wildman–Crippen LogP) is 1.93. The van der Waals surface area contributed by atoms with Gasteiger partial charge < -0.3 is 10.3 Å². The average molecular weight is 317 g/mol. The maximum Gasteiger partial charge on any atom is 0.194 e. The molecule has 21 heavy (non-hydrogen) atoms. The molecular weight excluding hydrogens is 306 g/mol. The fraction of sp³-hybridized carbons (Fsp3) is 0.167. The van der Waals surface area contributed by atoms with E-state index in [-0.39, 0.29) is 0 Å². The number of imidazole rings is 2. The molecule has 0 bridgehead atoms. The van der Waals surface area contributed by atoms with Crippen molar-refractivity contribution in [3.8, 4) is 0 Å². The topological polar surface area (TPSA) is 83.8 Å². The summed E-state index contributed by atoms with van der Waals surface area (Å²) in [4.78, 5) is 21.4. The van der Waals surface area contributed by atoms with E-state index < -0.39 is 0 Å². The predicted molar refractivity (Wildman–Crippen MR) is 81.6 cm³/mol. The van der Waals surface area contributed by atoms with Crippen LogP contribution in [0.4, 0.5) is 0 Å². The molecule has 0 radical (unpaired) electrons. The lowest BCUT2D eigenvalue weighted by Crippen LogP contribution is -2.08. The number of aromatic nitrogens is 6. The molecule has 0 amide bonds. The Kier molecular flexibility index (Phi) is 3.09. The lowest BCUT2D eigenvalue weighted by atomic mass is 10.5. The monoisotopic (exact) mass is 317 g/mol. The van der Waals surface area contributed by atoms with E-state index in [0.717, 1.165) is 32.8 Å². The lowest BCUT2D eigenvalue weighted by molar-refractivity contribution is 0.765. The number of nitrogens with zero attached hydrogens (tertiary/aromatic N) is 5. The Hall–Kier alpha value is -1.97. The van der Waals surface area contributed by atoms with Gasteiger partial charge in [-0.05, 0) is 18.8 Å². The summed E-state index contributed by atoms with van der Waals surface area (Å²) >= 11 is 3.15. The zero-order valence-corrected chi connectivity index (χ0v) is 12.7. The molecule has 0 aliphatic rings. The molecule has 0 atom stereocenters. The van der Waals surface area contributed by atoms with E-state index in [9.17, 15) is 0 Å². The van der Waals surface area contributed by atoms with Gasteiger partial charge in [-0.15, -0.1) is 11.3 Å². The van der Waals surface area contributed by atoms with Gasteiger partial charge in [0.25, 0.3) is 0 Å². The third-order valence-electron chi connectivity index (χ3n) is 3.05. The number of thiazole rings is 1. The molecule has 0 aliphatic heterocycles. The maximum absolute atomic E-state index is 4.69. The van der Waals surface area contributed by atoms with Crippen LogP contribution < -0.4 is 5.32 Å². The van der Waals surface area contributed by atoms with Crippen molar-refractivity contribution in [2.24, 2.45) is 0 Å². The Labute approximate surface area is 127 Å². The van der Waals surface area contributed by atoms with E-state index in [1.165, 1.54) is 18.1 Å². The lowest BCUT2D eigenvalue weighted by Gasteiger charge is -2.03. The van der Waals surface area contributed by atoms with Gasteiger partial charge in [-0.25, -0.2) is 19.9 Å². The third-order valence-corrected chi connectivity index (χ3v) is 4.83. The Morgan fingerprint density at radius 3 is 3.19 bits per heavy atom. The summed E-state index contributed by atoms with van der Waals surface area (Å²) in [7, 11) is 1.93. The molecule has 4 heterocycles. The summed E-state index contributed by atoms with van der Waals surface area (Å²) < 4.78 is 2.11. The highest BCUT2D eigenvalue weighted by Gasteiger charge is 2.16. The Morgan fingerprint density at radius 2 is 2.29 bits per heavy atom. The van der Waals surface area contributed by atoms with Crippen molar-refractivity contribution in [2.75, 3.05) is 7.05 Å². The highest BCUT2D eigenvalue weighted by molar-refractivity contribution is 7.99. The minimum absolute atomic E-state index is 0.670. The molecule has 0 aromatic carbocycles. The fourth-order valence-electron chi connectivity index (χ4n) is 2.13. The van der Waals surface area contributed by atoms with Gasteiger partial charge in [-0.2, -0.15) is 0 Å². The van der Waals surface area contributed by atoms with Gasteiger partial charge in [0, 0.05) is 18.1 Å². The van der Waals surface area contributed by atoms with Crippen molar-refractivity contribution in [1.82, 2.24) is 34.6 Å². The Balaban J connectivity index is 1.81. The summed E-state index contributed by atoms with van der Waals surface area (Å²) in [5.74, 6) is 0. The molecule has 0 fully saturated rings. The van der Waals surface area contributed by atoms with Crippen LogP contribution in [0.3, 0.4) is 0 Å². The van der Waals surface area contributed by atoms with E-state index in [0.29, 0.717) is 5.65 Å². The molecule has 9 heteroatoms. The second-order valence-corrected chi connectivity index (χ2v) is 6.18. The number of hydrogen-bond acceptors (Lipinski definition) is 7. The molecule has 4 aromatic rings. The number of aromatic amines is 1. The quantitative estimate of drug-likeness (QED) is 0.560. The molecule has 0 spiro atoms. The molecule has 106 valence electrons. The summed E-state index contributed by atoms with van der Waals surface area (Å²) in [6, 6.07) is 0. The van der Waals surface area contributed by atoms with Crippen molar-refractivity contribution in [3.63, 3.8) is 0 Å². The molecule has 4 rings (SSSR count). The van der Waals surface area contributed by atoms with E-state index in [1.807, 2.05) is 18.6 Å². The van der Waals surface area contributed by atoms with E-state index in [4.69, 9.17) is 0 Å². The highest BCUT2D eigenvalue weighted by Crippen LogP contribution is 2.33. The molecule has 2 N–H and O–H groups in total. The Morgan fingerprint density at radius 1 is 1.33 bits per heavy atom. The van der Waals surface area contributed by atoms with Crippen LogP contribution >= 0.6 is 23.1 Å². The van der Waals surface area contributed by atoms with Crippen molar-refractivity contribution in [1.29, 1.82) is 0 Å². The number of rotatable bonds is 4. The van der Waals surface area contributed by atoms with Crippen molar-refractivity contribution in [2.45, 2.75) is 16.6 Å². The second-order valence-electron chi connectivity index (χ2n) is 4.33. The van der Waals surface area contributed by atoms with E-state index in [2.05, 4.69) is 34.6 Å². The maximum atomic E-state index is 4.69. The van der Waals surface area contributed by atoms with Gasteiger partial charge in [-0.3, -0.25) is 4.40 Å². The molecule has 4 aromatic heterocycles. The first-order valence-corrected chi connectivity index (χ1v) is 7.97. The van der Waals surface area contributed by atoms with Crippen molar-refractivity contribution in [3.05, 3.63) is 29.9 Å². The van der Waals surface area contributed by atoms with E-state index >= 15 is 0 Å². The van der Waals surface area contributed by atoms with Crippen LogP contribution in [0, 0.1) is 0 Å². The number of nitrogens with one attached hydrogen (secondary N) is 2. The van der Waals surface area contributed by atoms with Crippen LogP contribution in [0.25, 0.3) is 16.1 Å². The van der Waals surface area contributed by atoms with Crippen molar-refractivity contribution >= 4 is 39.2 Å². The van der Waals surface area contributed by atoms with Gasteiger partial charge in [0.2, 0.25) is 0 Å². The molecule has 0 unspecified atom stereocenters. The first-order chi connectivity index (χ1) is 10.4. The summed E-state index contributed by atoms with van der Waals surface area (Å²) in [5, 5.41) is 7.01. The first-order valence-electron chi connectivity index (χ1n) is 6.28. The Bertz CT molecular complexity index is 907. The summed E-state index contributed by atoms with van der Waals surface area (Å²) in [6.07, 6.45) is 5.20. The van der Waals surface area contributed by atoms with Crippen LogP contribution in [-0.4, -0.2) is 36.4 Å². The van der Waals surface area contributed by atoms with Crippen LogP contribution in [0.2, 0.25) is 0 Å². The standard InChI is InChI=1S/C12H11N7S2/c1-13-4-7-10(18-12-19(7)2-3-20-12)21-11-8-9(15-5-14-8)16-6-17-11/h2-3,5-6,13H,4H2,1H3,(H,14,15,16,17). The molecule has 0 saturated carbocycles. The van der Waals surface area contributed by atoms with Gasteiger partial charge >= 0.3 is 0 Å². The highest BCUT2D eigenvalue weighted by atomic mass is 32.2. The largest absolute Gasteiger partial charge is 0.341 e. The molecular formula is C12H11N7S2. The van der Waals surface area contributed by atoms with Gasteiger partial charge in [0.15, 0.2) is 10.6 Å². The zero-order valence-electron chi connectivity index (χ0n) is 11.1. The van der Waals surface area contributed by atoms with E-state index in [1.54, 1.807) is 17.7 Å². The number of fused-ring (bicyclic) bond motifs is 2. The fourth-order valence-corrected chi connectivity index (χ4v) is 3.88. The average Bonchev–Trinajstić information content (AvgIpc) is 3.17. The number of H-pyrrole nitrogens is 1. The molecule has 0 saturated heterocycles. The number of hydrogen-bond donors (Lipinski definition) is 2. The van der Waals surface area contributed by atoms with Crippen molar-refractivity contribution < 1.29 is 0 Å². The summed E-state index contributed by atoms with van der Waals surface area (Å²) in [5.41, 5.74) is 2.64. The van der Waals surface area contributed by atoms with Gasteiger partial charge in [-0.1, -0.05) is 0 Å².